The Hall–Kier alpha value is -1.55. The lowest BCUT2D eigenvalue weighted by Crippen LogP contribution is -2.38. The molecule has 0 saturated carbocycles. The average Bonchev–Trinajstić information content (AvgIpc) is 2.33. The van der Waals surface area contributed by atoms with E-state index in [1.54, 1.807) is 0 Å². The van der Waals surface area contributed by atoms with Gasteiger partial charge in [-0.3, -0.25) is 0 Å². The van der Waals surface area contributed by atoms with Crippen LogP contribution in [0.5, 0.6) is 5.75 Å². The van der Waals surface area contributed by atoms with Gasteiger partial charge in [-0.15, -0.1) is 0 Å². The SMILES string of the molecule is Cc1cc(C=N)c(N)cc1OC1CCCN(C)C1. The average molecular weight is 247 g/mol. The fourth-order valence-corrected chi connectivity index (χ4v) is 2.37. The van der Waals surface area contributed by atoms with E-state index in [1.165, 1.54) is 12.6 Å². The van der Waals surface area contributed by atoms with Crippen LogP contribution >= 0.6 is 0 Å². The molecule has 0 amide bonds. The van der Waals surface area contributed by atoms with E-state index in [9.17, 15) is 0 Å². The van der Waals surface area contributed by atoms with E-state index >= 15 is 0 Å². The minimum absolute atomic E-state index is 0.243. The molecule has 3 N–H and O–H groups in total. The quantitative estimate of drug-likeness (QED) is 0.634. The first-order valence-electron chi connectivity index (χ1n) is 6.36. The third-order valence-electron chi connectivity index (χ3n) is 3.41. The van der Waals surface area contributed by atoms with Crippen molar-refractivity contribution in [2.24, 2.45) is 0 Å². The first-order valence-corrected chi connectivity index (χ1v) is 6.36. The van der Waals surface area contributed by atoms with Crippen molar-refractivity contribution < 1.29 is 4.74 Å². The van der Waals surface area contributed by atoms with Crippen LogP contribution in [0.3, 0.4) is 0 Å². The third-order valence-corrected chi connectivity index (χ3v) is 3.41. The second kappa shape index (κ2) is 5.40. The van der Waals surface area contributed by atoms with Crippen molar-refractivity contribution in [1.29, 1.82) is 5.41 Å². The topological polar surface area (TPSA) is 62.3 Å². The zero-order valence-corrected chi connectivity index (χ0v) is 11.1. The standard InChI is InChI=1S/C14H21N3O/c1-10-6-11(8-15)13(16)7-14(10)18-12-4-3-5-17(2)9-12/h6-8,12,15H,3-5,9,16H2,1-2H3. The fourth-order valence-electron chi connectivity index (χ4n) is 2.37. The van der Waals surface area contributed by atoms with Crippen LogP contribution in [0.1, 0.15) is 24.0 Å². The Bertz CT molecular complexity index is 445. The van der Waals surface area contributed by atoms with Gasteiger partial charge >= 0.3 is 0 Å². The molecule has 1 atom stereocenters. The number of benzene rings is 1. The fraction of sp³-hybridized carbons (Fsp3) is 0.500. The summed E-state index contributed by atoms with van der Waals surface area (Å²) >= 11 is 0. The highest BCUT2D eigenvalue weighted by molar-refractivity contribution is 5.85. The minimum atomic E-state index is 0.243. The molecule has 1 saturated heterocycles. The summed E-state index contributed by atoms with van der Waals surface area (Å²) in [4.78, 5) is 2.29. The molecule has 1 aliphatic rings. The van der Waals surface area contributed by atoms with E-state index < -0.39 is 0 Å². The molecule has 18 heavy (non-hydrogen) atoms. The second-order valence-electron chi connectivity index (χ2n) is 5.04. The van der Waals surface area contributed by atoms with Crippen LogP contribution in [0.4, 0.5) is 5.69 Å². The predicted molar refractivity (Wildman–Crippen MR) is 74.6 cm³/mol. The lowest BCUT2D eigenvalue weighted by molar-refractivity contribution is 0.104. The van der Waals surface area contributed by atoms with Gasteiger partial charge < -0.3 is 20.8 Å². The molecule has 1 heterocycles. The highest BCUT2D eigenvalue weighted by Crippen LogP contribution is 2.26. The van der Waals surface area contributed by atoms with Gasteiger partial charge in [0.15, 0.2) is 0 Å². The number of hydrogen-bond acceptors (Lipinski definition) is 4. The third kappa shape index (κ3) is 2.82. The Labute approximate surface area is 108 Å². The Morgan fingerprint density at radius 3 is 2.94 bits per heavy atom. The summed E-state index contributed by atoms with van der Waals surface area (Å²) in [5, 5.41) is 7.28. The van der Waals surface area contributed by atoms with Crippen molar-refractivity contribution >= 4 is 11.9 Å². The number of anilines is 1. The van der Waals surface area contributed by atoms with Gasteiger partial charge in [0.2, 0.25) is 0 Å². The summed E-state index contributed by atoms with van der Waals surface area (Å²) in [6, 6.07) is 3.74. The molecule has 0 aromatic heterocycles. The molecule has 98 valence electrons. The van der Waals surface area contributed by atoms with Crippen molar-refractivity contribution in [1.82, 2.24) is 4.90 Å². The van der Waals surface area contributed by atoms with Gasteiger partial charge in [0.05, 0.1) is 0 Å². The number of rotatable bonds is 3. The molecule has 0 spiro atoms. The van der Waals surface area contributed by atoms with Gasteiger partial charge in [-0.05, 0) is 45.0 Å². The molecule has 0 bridgehead atoms. The first kappa shape index (κ1) is 12.9. The van der Waals surface area contributed by atoms with Crippen molar-refractivity contribution in [2.45, 2.75) is 25.9 Å². The van der Waals surface area contributed by atoms with Crippen molar-refractivity contribution in [2.75, 3.05) is 25.9 Å². The summed E-state index contributed by atoms with van der Waals surface area (Å²) < 4.78 is 6.04. The zero-order valence-electron chi connectivity index (χ0n) is 11.1. The number of ether oxygens (including phenoxy) is 1. The Balaban J connectivity index is 2.13. The zero-order chi connectivity index (χ0) is 13.1. The van der Waals surface area contributed by atoms with Crippen LogP contribution in [0, 0.1) is 12.3 Å². The highest BCUT2D eigenvalue weighted by Gasteiger charge is 2.19. The molecular weight excluding hydrogens is 226 g/mol. The summed E-state index contributed by atoms with van der Waals surface area (Å²) in [6.45, 7) is 4.10. The van der Waals surface area contributed by atoms with Crippen LogP contribution in [0.25, 0.3) is 0 Å². The molecule has 4 nitrogen and oxygen atoms in total. The van der Waals surface area contributed by atoms with E-state index in [1.807, 2.05) is 19.1 Å². The number of piperidine rings is 1. The van der Waals surface area contributed by atoms with Gasteiger partial charge in [0, 0.05) is 30.1 Å². The minimum Gasteiger partial charge on any atom is -0.489 e. The molecular formula is C14H21N3O. The molecule has 1 fully saturated rings. The second-order valence-corrected chi connectivity index (χ2v) is 5.04. The molecule has 1 unspecified atom stereocenters. The lowest BCUT2D eigenvalue weighted by Gasteiger charge is -2.30. The molecule has 2 rings (SSSR count). The van der Waals surface area contributed by atoms with Gasteiger partial charge in [0.1, 0.15) is 11.9 Å². The number of aryl methyl sites for hydroxylation is 1. The largest absolute Gasteiger partial charge is 0.489 e. The van der Waals surface area contributed by atoms with Crippen LogP contribution in [0.2, 0.25) is 0 Å². The van der Waals surface area contributed by atoms with E-state index in [2.05, 4.69) is 11.9 Å². The van der Waals surface area contributed by atoms with Crippen molar-refractivity contribution in [3.05, 3.63) is 23.3 Å². The lowest BCUT2D eigenvalue weighted by atomic mass is 10.1. The van der Waals surface area contributed by atoms with Crippen LogP contribution < -0.4 is 10.5 Å². The van der Waals surface area contributed by atoms with Crippen LogP contribution in [0.15, 0.2) is 12.1 Å². The number of nitrogen functional groups attached to an aromatic ring is 1. The summed E-state index contributed by atoms with van der Waals surface area (Å²) in [5.74, 6) is 0.846. The van der Waals surface area contributed by atoms with Gasteiger partial charge in [-0.1, -0.05) is 0 Å². The van der Waals surface area contributed by atoms with E-state index in [4.69, 9.17) is 15.9 Å². The number of nitrogens with two attached hydrogens (primary N) is 1. The maximum atomic E-state index is 7.28. The number of nitrogens with one attached hydrogen (secondary N) is 1. The Morgan fingerprint density at radius 2 is 2.28 bits per heavy atom. The molecule has 1 aromatic carbocycles. The Kier molecular flexibility index (Phi) is 3.87. The molecule has 0 radical (unpaired) electrons. The maximum Gasteiger partial charge on any atom is 0.124 e. The predicted octanol–water partition coefficient (Wildman–Crippen LogP) is 2.05. The summed E-state index contributed by atoms with van der Waals surface area (Å²) in [5.41, 5.74) is 8.29. The monoisotopic (exact) mass is 247 g/mol. The highest BCUT2D eigenvalue weighted by atomic mass is 16.5. The van der Waals surface area contributed by atoms with Crippen molar-refractivity contribution in [3.63, 3.8) is 0 Å². The molecule has 4 heteroatoms. The normalized spacial score (nSPS) is 20.7. The van der Waals surface area contributed by atoms with Crippen LogP contribution in [-0.2, 0) is 0 Å². The van der Waals surface area contributed by atoms with Crippen molar-refractivity contribution in [3.8, 4) is 5.75 Å². The smallest absolute Gasteiger partial charge is 0.124 e. The summed E-state index contributed by atoms with van der Waals surface area (Å²) in [6.07, 6.45) is 3.79. The number of nitrogens with zero attached hydrogens (tertiary/aromatic N) is 1. The Morgan fingerprint density at radius 1 is 1.50 bits per heavy atom. The molecule has 0 aliphatic carbocycles. The van der Waals surface area contributed by atoms with Crippen LogP contribution in [-0.4, -0.2) is 37.4 Å². The van der Waals surface area contributed by atoms with Gasteiger partial charge in [-0.2, -0.15) is 0 Å². The number of hydrogen-bond donors (Lipinski definition) is 2. The van der Waals surface area contributed by atoms with E-state index in [0.29, 0.717) is 5.69 Å². The summed E-state index contributed by atoms with van der Waals surface area (Å²) in [7, 11) is 2.12. The number of likely N-dealkylation sites (tertiary alicyclic amines) is 1. The first-order chi connectivity index (χ1) is 8.60. The molecule has 1 aliphatic heterocycles. The van der Waals surface area contributed by atoms with E-state index in [-0.39, 0.29) is 6.10 Å². The van der Waals surface area contributed by atoms with Gasteiger partial charge in [-0.25, -0.2) is 0 Å². The maximum absolute atomic E-state index is 7.28. The van der Waals surface area contributed by atoms with Gasteiger partial charge in [0.25, 0.3) is 0 Å². The molecule has 1 aromatic rings. The van der Waals surface area contributed by atoms with E-state index in [0.717, 1.165) is 36.4 Å². The number of likely N-dealkylation sites (N-methyl/N-ethyl adjacent to an activating group) is 1.